The van der Waals surface area contributed by atoms with E-state index in [1.54, 1.807) is 16.9 Å². The van der Waals surface area contributed by atoms with E-state index in [1.165, 1.54) is 0 Å². The molecule has 1 amide bonds. The van der Waals surface area contributed by atoms with E-state index in [4.69, 9.17) is 4.74 Å². The van der Waals surface area contributed by atoms with Crippen LogP contribution in [-0.4, -0.2) is 76.7 Å². The molecule has 0 aromatic carbocycles. The van der Waals surface area contributed by atoms with Crippen molar-refractivity contribution in [2.45, 2.75) is 12.8 Å². The minimum absolute atomic E-state index is 0.0228. The van der Waals surface area contributed by atoms with Crippen molar-refractivity contribution in [2.24, 2.45) is 5.41 Å². The number of carbonyl (C=O) groups is 1. The van der Waals surface area contributed by atoms with Crippen LogP contribution in [0.4, 0.5) is 0 Å². The number of piperidine rings is 1. The molecule has 1 atom stereocenters. The molecule has 0 N–H and O–H groups in total. The highest BCUT2D eigenvalue weighted by Crippen LogP contribution is 2.33. The maximum absolute atomic E-state index is 13.0. The van der Waals surface area contributed by atoms with Gasteiger partial charge >= 0.3 is 0 Å². The van der Waals surface area contributed by atoms with Crippen molar-refractivity contribution in [1.29, 1.82) is 0 Å². The standard InChI is InChI=1S/C17H23N5O2/c1-20-8-9-24-13-17(11-20)4-2-6-21(12-17)16(23)14-10-19-22-7-3-5-18-15(14)22/h3,5,7,10H,2,4,6,8-9,11-13H2,1H3. The van der Waals surface area contributed by atoms with Crippen LogP contribution in [0.3, 0.4) is 0 Å². The molecule has 0 bridgehead atoms. The number of hydrogen-bond acceptors (Lipinski definition) is 5. The average Bonchev–Trinajstić information content (AvgIpc) is 2.94. The van der Waals surface area contributed by atoms with Gasteiger partial charge in [-0.2, -0.15) is 5.10 Å². The summed E-state index contributed by atoms with van der Waals surface area (Å²) in [5.41, 5.74) is 1.24. The smallest absolute Gasteiger partial charge is 0.259 e. The second-order valence-electron chi connectivity index (χ2n) is 7.07. The molecule has 24 heavy (non-hydrogen) atoms. The van der Waals surface area contributed by atoms with Crippen molar-refractivity contribution in [3.05, 3.63) is 30.2 Å². The molecule has 4 rings (SSSR count). The summed E-state index contributed by atoms with van der Waals surface area (Å²) in [5, 5.41) is 4.24. The molecule has 2 aliphatic heterocycles. The first-order valence-electron chi connectivity index (χ1n) is 8.51. The second-order valence-corrected chi connectivity index (χ2v) is 7.07. The van der Waals surface area contributed by atoms with Crippen LogP contribution in [0.1, 0.15) is 23.2 Å². The van der Waals surface area contributed by atoms with Gasteiger partial charge in [-0.15, -0.1) is 0 Å². The van der Waals surface area contributed by atoms with Crippen LogP contribution < -0.4 is 0 Å². The lowest BCUT2D eigenvalue weighted by molar-refractivity contribution is 0.00867. The van der Waals surface area contributed by atoms with Crippen molar-refractivity contribution in [3.63, 3.8) is 0 Å². The largest absolute Gasteiger partial charge is 0.379 e. The van der Waals surface area contributed by atoms with Crippen LogP contribution in [0, 0.1) is 5.41 Å². The zero-order valence-electron chi connectivity index (χ0n) is 14.0. The lowest BCUT2D eigenvalue weighted by atomic mass is 9.80. The normalized spacial score (nSPS) is 26.0. The molecule has 128 valence electrons. The number of carbonyl (C=O) groups excluding carboxylic acids is 1. The van der Waals surface area contributed by atoms with Crippen LogP contribution in [0.25, 0.3) is 5.65 Å². The third kappa shape index (κ3) is 2.78. The fourth-order valence-electron chi connectivity index (χ4n) is 3.98. The number of ether oxygens (including phenoxy) is 1. The lowest BCUT2D eigenvalue weighted by Gasteiger charge is -2.43. The summed E-state index contributed by atoms with van der Waals surface area (Å²) in [6.45, 7) is 4.95. The monoisotopic (exact) mass is 329 g/mol. The zero-order chi connectivity index (χ0) is 16.6. The molecular formula is C17H23N5O2. The number of fused-ring (bicyclic) bond motifs is 1. The van der Waals surface area contributed by atoms with Crippen LogP contribution >= 0.6 is 0 Å². The molecule has 2 saturated heterocycles. The van der Waals surface area contributed by atoms with E-state index in [0.29, 0.717) is 11.2 Å². The highest BCUT2D eigenvalue weighted by atomic mass is 16.5. The van der Waals surface area contributed by atoms with Crippen molar-refractivity contribution in [1.82, 2.24) is 24.4 Å². The van der Waals surface area contributed by atoms with E-state index < -0.39 is 0 Å². The Morgan fingerprint density at radius 1 is 1.33 bits per heavy atom. The Kier molecular flexibility index (Phi) is 3.97. The first-order valence-corrected chi connectivity index (χ1v) is 8.51. The summed E-state index contributed by atoms with van der Waals surface area (Å²) in [6.07, 6.45) is 7.25. The number of aromatic nitrogens is 3. The Labute approximate surface area is 141 Å². The van der Waals surface area contributed by atoms with Gasteiger partial charge in [-0.05, 0) is 26.0 Å². The maximum Gasteiger partial charge on any atom is 0.259 e. The molecule has 7 nitrogen and oxygen atoms in total. The number of rotatable bonds is 1. The van der Waals surface area contributed by atoms with E-state index in [1.807, 2.05) is 17.2 Å². The third-order valence-corrected chi connectivity index (χ3v) is 5.09. The summed E-state index contributed by atoms with van der Waals surface area (Å²) in [4.78, 5) is 21.6. The SMILES string of the molecule is CN1CCOCC2(CCCN(C(=O)c3cnn4cccnc34)C2)C1. The summed E-state index contributed by atoms with van der Waals surface area (Å²) in [7, 11) is 2.13. The Balaban J connectivity index is 1.58. The molecule has 2 fully saturated rings. The molecule has 2 aliphatic rings. The van der Waals surface area contributed by atoms with Gasteiger partial charge in [0.2, 0.25) is 0 Å². The molecular weight excluding hydrogens is 306 g/mol. The first-order chi connectivity index (χ1) is 11.7. The molecule has 0 saturated carbocycles. The number of hydrogen-bond donors (Lipinski definition) is 0. The van der Waals surface area contributed by atoms with Crippen molar-refractivity contribution in [3.8, 4) is 0 Å². The summed E-state index contributed by atoms with van der Waals surface area (Å²) in [5.74, 6) is 0.0228. The highest BCUT2D eigenvalue weighted by Gasteiger charge is 2.40. The van der Waals surface area contributed by atoms with Gasteiger partial charge in [0.25, 0.3) is 5.91 Å². The van der Waals surface area contributed by atoms with Crippen LogP contribution in [0.15, 0.2) is 24.7 Å². The molecule has 1 spiro atoms. The van der Waals surface area contributed by atoms with Crippen LogP contribution in [0.2, 0.25) is 0 Å². The molecule has 4 heterocycles. The molecule has 7 heteroatoms. The van der Waals surface area contributed by atoms with E-state index in [-0.39, 0.29) is 11.3 Å². The molecule has 2 aromatic heterocycles. The first kappa shape index (κ1) is 15.5. The number of nitrogens with zero attached hydrogens (tertiary/aromatic N) is 5. The van der Waals surface area contributed by atoms with Gasteiger partial charge in [0.1, 0.15) is 5.56 Å². The van der Waals surface area contributed by atoms with Gasteiger partial charge < -0.3 is 14.5 Å². The lowest BCUT2D eigenvalue weighted by Crippen LogP contribution is -2.51. The van der Waals surface area contributed by atoms with Crippen molar-refractivity contribution >= 4 is 11.6 Å². The van der Waals surface area contributed by atoms with Gasteiger partial charge in [-0.25, -0.2) is 9.50 Å². The van der Waals surface area contributed by atoms with Crippen molar-refractivity contribution in [2.75, 3.05) is 46.4 Å². The Bertz CT molecular complexity index is 745. The molecule has 0 radical (unpaired) electrons. The molecule has 1 unspecified atom stereocenters. The summed E-state index contributed by atoms with van der Waals surface area (Å²) in [6, 6.07) is 1.81. The summed E-state index contributed by atoms with van der Waals surface area (Å²) >= 11 is 0. The van der Waals surface area contributed by atoms with Gasteiger partial charge in [0.05, 0.1) is 19.4 Å². The third-order valence-electron chi connectivity index (χ3n) is 5.09. The molecule has 0 aliphatic carbocycles. The predicted molar refractivity (Wildman–Crippen MR) is 88.9 cm³/mol. The Hall–Kier alpha value is -1.99. The van der Waals surface area contributed by atoms with Gasteiger partial charge in [0.15, 0.2) is 5.65 Å². The second kappa shape index (κ2) is 6.14. The van der Waals surface area contributed by atoms with E-state index >= 15 is 0 Å². The Morgan fingerprint density at radius 2 is 2.25 bits per heavy atom. The minimum Gasteiger partial charge on any atom is -0.379 e. The van der Waals surface area contributed by atoms with Gasteiger partial charge in [-0.3, -0.25) is 4.79 Å². The zero-order valence-corrected chi connectivity index (χ0v) is 14.0. The average molecular weight is 329 g/mol. The molecule has 2 aromatic rings. The fourth-order valence-corrected chi connectivity index (χ4v) is 3.98. The quantitative estimate of drug-likeness (QED) is 0.778. The summed E-state index contributed by atoms with van der Waals surface area (Å²) < 4.78 is 7.49. The predicted octanol–water partition coefficient (Wildman–Crippen LogP) is 0.914. The van der Waals surface area contributed by atoms with Gasteiger partial charge in [-0.1, -0.05) is 0 Å². The van der Waals surface area contributed by atoms with E-state index in [0.717, 1.165) is 52.2 Å². The Morgan fingerprint density at radius 3 is 3.17 bits per heavy atom. The fraction of sp³-hybridized carbons (Fsp3) is 0.588. The van der Waals surface area contributed by atoms with Gasteiger partial charge in [0, 0.05) is 44.0 Å². The number of likely N-dealkylation sites (N-methyl/N-ethyl adjacent to an activating group) is 1. The van der Waals surface area contributed by atoms with Crippen molar-refractivity contribution < 1.29 is 9.53 Å². The maximum atomic E-state index is 13.0. The number of likely N-dealkylation sites (tertiary alicyclic amines) is 1. The van der Waals surface area contributed by atoms with E-state index in [9.17, 15) is 4.79 Å². The van der Waals surface area contributed by atoms with Crippen LogP contribution in [0.5, 0.6) is 0 Å². The topological polar surface area (TPSA) is 63.0 Å². The van der Waals surface area contributed by atoms with Crippen LogP contribution in [-0.2, 0) is 4.74 Å². The number of amides is 1. The van der Waals surface area contributed by atoms with E-state index in [2.05, 4.69) is 22.0 Å². The minimum atomic E-state index is 0.0228. The highest BCUT2D eigenvalue weighted by molar-refractivity contribution is 5.99.